The lowest BCUT2D eigenvalue weighted by atomic mass is 10.0. The Bertz CT molecular complexity index is 418. The highest BCUT2D eigenvalue weighted by Gasteiger charge is 2.20. The Morgan fingerprint density at radius 3 is 3.06 bits per heavy atom. The van der Waals surface area contributed by atoms with Gasteiger partial charge in [0.15, 0.2) is 5.78 Å². The van der Waals surface area contributed by atoms with Crippen molar-refractivity contribution in [1.29, 1.82) is 0 Å². The molecule has 1 aromatic rings. The van der Waals surface area contributed by atoms with Gasteiger partial charge in [0.05, 0.1) is 11.6 Å². The van der Waals surface area contributed by atoms with Gasteiger partial charge >= 0.3 is 0 Å². The highest BCUT2D eigenvalue weighted by Crippen LogP contribution is 2.34. The summed E-state index contributed by atoms with van der Waals surface area (Å²) in [7, 11) is 0. The maximum absolute atomic E-state index is 11.8. The highest BCUT2D eigenvalue weighted by molar-refractivity contribution is 6.35. The van der Waals surface area contributed by atoms with Gasteiger partial charge in [0.2, 0.25) is 0 Å². The highest BCUT2D eigenvalue weighted by atomic mass is 35.5. The van der Waals surface area contributed by atoms with Crippen LogP contribution in [-0.4, -0.2) is 18.9 Å². The third kappa shape index (κ3) is 2.06. The van der Waals surface area contributed by atoms with E-state index in [9.17, 15) is 4.79 Å². The Morgan fingerprint density at radius 1 is 1.50 bits per heavy atom. The molecule has 0 amide bonds. The van der Waals surface area contributed by atoms with Crippen LogP contribution in [-0.2, 0) is 6.42 Å². The van der Waals surface area contributed by atoms with Crippen LogP contribution in [0.5, 0.6) is 5.75 Å². The van der Waals surface area contributed by atoms with E-state index in [0.29, 0.717) is 36.6 Å². The predicted octanol–water partition coefficient (Wildman–Crippen LogP) is 2.20. The third-order valence-corrected chi connectivity index (χ3v) is 3.15. The average Bonchev–Trinajstić information content (AvgIpc) is 2.75. The van der Waals surface area contributed by atoms with E-state index in [-0.39, 0.29) is 5.78 Å². The van der Waals surface area contributed by atoms with Crippen LogP contribution in [0.4, 0.5) is 0 Å². The molecular formula is C12H14ClNO2. The monoisotopic (exact) mass is 239 g/mol. The molecule has 1 aliphatic rings. The van der Waals surface area contributed by atoms with Gasteiger partial charge in [-0.2, -0.15) is 0 Å². The number of halogens is 1. The van der Waals surface area contributed by atoms with Crippen molar-refractivity contribution in [2.75, 3.05) is 13.2 Å². The lowest BCUT2D eigenvalue weighted by Crippen LogP contribution is -2.06. The Hall–Kier alpha value is -1.06. The van der Waals surface area contributed by atoms with Gasteiger partial charge in [0, 0.05) is 24.0 Å². The van der Waals surface area contributed by atoms with Crippen molar-refractivity contribution in [3.05, 3.63) is 28.3 Å². The van der Waals surface area contributed by atoms with Gasteiger partial charge in [0.25, 0.3) is 0 Å². The summed E-state index contributed by atoms with van der Waals surface area (Å²) in [5, 5.41) is 0.553. The third-order valence-electron chi connectivity index (χ3n) is 2.72. The van der Waals surface area contributed by atoms with Crippen LogP contribution in [0.2, 0.25) is 5.02 Å². The molecule has 86 valence electrons. The first-order chi connectivity index (χ1) is 7.74. The minimum atomic E-state index is 0.0603. The number of carbonyl (C=O) groups is 1. The fourth-order valence-electron chi connectivity index (χ4n) is 1.85. The predicted molar refractivity (Wildman–Crippen MR) is 63.3 cm³/mol. The van der Waals surface area contributed by atoms with Crippen molar-refractivity contribution in [3.8, 4) is 5.75 Å². The second-order valence-corrected chi connectivity index (χ2v) is 4.20. The number of Topliss-reactive ketones (excluding diaryl/α,β-unsaturated/α-hetero) is 1. The van der Waals surface area contributed by atoms with Gasteiger partial charge < -0.3 is 10.5 Å². The van der Waals surface area contributed by atoms with Crippen LogP contribution < -0.4 is 10.5 Å². The Labute approximate surface area is 99.5 Å². The molecule has 0 radical (unpaired) electrons. The second kappa shape index (κ2) is 4.85. The van der Waals surface area contributed by atoms with E-state index in [0.717, 1.165) is 17.7 Å². The Morgan fingerprint density at radius 2 is 2.31 bits per heavy atom. The van der Waals surface area contributed by atoms with Crippen LogP contribution in [0.15, 0.2) is 12.1 Å². The van der Waals surface area contributed by atoms with Gasteiger partial charge in [0.1, 0.15) is 5.75 Å². The molecule has 2 N–H and O–H groups in total. The molecule has 3 nitrogen and oxygen atoms in total. The van der Waals surface area contributed by atoms with Crippen molar-refractivity contribution in [2.45, 2.75) is 19.3 Å². The summed E-state index contributed by atoms with van der Waals surface area (Å²) >= 11 is 6.20. The van der Waals surface area contributed by atoms with Gasteiger partial charge in [-0.3, -0.25) is 4.79 Å². The van der Waals surface area contributed by atoms with Gasteiger partial charge in [-0.05, 0) is 25.1 Å². The molecule has 16 heavy (non-hydrogen) atoms. The van der Waals surface area contributed by atoms with Crippen molar-refractivity contribution in [3.63, 3.8) is 0 Å². The normalized spacial score (nSPS) is 13.4. The first-order valence-electron chi connectivity index (χ1n) is 5.41. The van der Waals surface area contributed by atoms with E-state index in [1.165, 1.54) is 0 Å². The SMILES string of the molecule is NCCCC(=O)c1ccc2c(c1Cl)CCO2. The topological polar surface area (TPSA) is 52.3 Å². The summed E-state index contributed by atoms with van der Waals surface area (Å²) < 4.78 is 5.38. The first kappa shape index (κ1) is 11.4. The van der Waals surface area contributed by atoms with Crippen LogP contribution >= 0.6 is 11.6 Å². The molecule has 1 aliphatic heterocycles. The summed E-state index contributed by atoms with van der Waals surface area (Å²) in [6, 6.07) is 3.56. The zero-order valence-electron chi connectivity index (χ0n) is 8.96. The molecule has 0 bridgehead atoms. The van der Waals surface area contributed by atoms with E-state index in [2.05, 4.69) is 0 Å². The molecule has 0 aliphatic carbocycles. The van der Waals surface area contributed by atoms with Gasteiger partial charge in [-0.15, -0.1) is 0 Å². The van der Waals surface area contributed by atoms with E-state index < -0.39 is 0 Å². The largest absolute Gasteiger partial charge is 0.493 e. The molecule has 4 heteroatoms. The maximum atomic E-state index is 11.8. The smallest absolute Gasteiger partial charge is 0.164 e. The zero-order valence-corrected chi connectivity index (χ0v) is 9.72. The quantitative estimate of drug-likeness (QED) is 0.820. The zero-order chi connectivity index (χ0) is 11.5. The number of nitrogens with two attached hydrogens (primary N) is 1. The van der Waals surface area contributed by atoms with Crippen molar-refractivity contribution in [1.82, 2.24) is 0 Å². The van der Waals surface area contributed by atoms with E-state index in [4.69, 9.17) is 22.1 Å². The summed E-state index contributed by atoms with van der Waals surface area (Å²) in [4.78, 5) is 11.8. The number of rotatable bonds is 4. The van der Waals surface area contributed by atoms with Crippen LogP contribution in [0.1, 0.15) is 28.8 Å². The molecule has 0 unspecified atom stereocenters. The lowest BCUT2D eigenvalue weighted by Gasteiger charge is -2.06. The Balaban J connectivity index is 2.25. The first-order valence-corrected chi connectivity index (χ1v) is 5.79. The van der Waals surface area contributed by atoms with Crippen molar-refractivity contribution in [2.24, 2.45) is 5.73 Å². The number of hydrogen-bond donors (Lipinski definition) is 1. The maximum Gasteiger partial charge on any atom is 0.164 e. The van der Waals surface area contributed by atoms with Crippen molar-refractivity contribution < 1.29 is 9.53 Å². The molecule has 1 heterocycles. The van der Waals surface area contributed by atoms with E-state index >= 15 is 0 Å². The second-order valence-electron chi connectivity index (χ2n) is 3.82. The van der Waals surface area contributed by atoms with Gasteiger partial charge in [-0.25, -0.2) is 0 Å². The fourth-order valence-corrected chi connectivity index (χ4v) is 2.20. The number of ether oxygens (including phenoxy) is 1. The standard InChI is InChI=1S/C12H14ClNO2/c13-12-8(10(15)2-1-6-14)3-4-11-9(12)5-7-16-11/h3-4H,1-2,5-7,14H2. The van der Waals surface area contributed by atoms with Gasteiger partial charge in [-0.1, -0.05) is 11.6 Å². The molecule has 0 saturated heterocycles. The number of ketones is 1. The minimum Gasteiger partial charge on any atom is -0.493 e. The van der Waals surface area contributed by atoms with E-state index in [1.54, 1.807) is 6.07 Å². The number of fused-ring (bicyclic) bond motifs is 1. The molecular weight excluding hydrogens is 226 g/mol. The number of hydrogen-bond acceptors (Lipinski definition) is 3. The summed E-state index contributed by atoms with van der Waals surface area (Å²) in [6.45, 7) is 1.17. The molecule has 2 rings (SSSR count). The molecule has 0 spiro atoms. The molecule has 0 atom stereocenters. The van der Waals surface area contributed by atoms with Crippen LogP contribution in [0.25, 0.3) is 0 Å². The molecule has 0 fully saturated rings. The van der Waals surface area contributed by atoms with E-state index in [1.807, 2.05) is 6.07 Å². The minimum absolute atomic E-state index is 0.0603. The molecule has 1 aromatic carbocycles. The Kier molecular flexibility index (Phi) is 3.46. The summed E-state index contributed by atoms with van der Waals surface area (Å²) in [5.41, 5.74) is 6.93. The summed E-state index contributed by atoms with van der Waals surface area (Å²) in [6.07, 6.45) is 1.94. The molecule has 0 saturated carbocycles. The molecule has 0 aromatic heterocycles. The number of benzene rings is 1. The van der Waals surface area contributed by atoms with Crippen LogP contribution in [0.3, 0.4) is 0 Å². The lowest BCUT2D eigenvalue weighted by molar-refractivity contribution is 0.0981. The number of carbonyl (C=O) groups excluding carboxylic acids is 1. The van der Waals surface area contributed by atoms with Crippen LogP contribution in [0, 0.1) is 0 Å². The summed E-state index contributed by atoms with van der Waals surface area (Å²) in [5.74, 6) is 0.866. The van der Waals surface area contributed by atoms with Crippen molar-refractivity contribution >= 4 is 17.4 Å². The average molecular weight is 240 g/mol. The fraction of sp³-hybridized carbons (Fsp3) is 0.417.